The molecule has 0 fully saturated rings. The van der Waals surface area contributed by atoms with Gasteiger partial charge < -0.3 is 5.32 Å². The van der Waals surface area contributed by atoms with E-state index in [1.165, 1.54) is 0 Å². The summed E-state index contributed by atoms with van der Waals surface area (Å²) in [5.41, 5.74) is 3.82. The summed E-state index contributed by atoms with van der Waals surface area (Å²) in [6.07, 6.45) is 3.98. The van der Waals surface area contributed by atoms with Crippen molar-refractivity contribution in [3.05, 3.63) is 71.3 Å². The van der Waals surface area contributed by atoms with Crippen molar-refractivity contribution >= 4 is 39.2 Å². The first-order valence-electron chi connectivity index (χ1n) is 8.19. The highest BCUT2D eigenvalue weighted by Crippen LogP contribution is 2.25. The van der Waals surface area contributed by atoms with Crippen LogP contribution in [0, 0.1) is 0 Å². The number of H-pyrrole nitrogens is 1. The van der Waals surface area contributed by atoms with Gasteiger partial charge in [0.2, 0.25) is 0 Å². The highest BCUT2D eigenvalue weighted by Gasteiger charge is 2.12. The predicted molar refractivity (Wildman–Crippen MR) is 108 cm³/mol. The summed E-state index contributed by atoms with van der Waals surface area (Å²) in [6, 6.07) is 13.3. The Hall–Kier alpha value is -3.23. The number of nitrogens with zero attached hydrogens (tertiary/aromatic N) is 3. The molecule has 0 unspecified atom stereocenters. The molecule has 4 heterocycles. The maximum atomic E-state index is 12.4. The summed E-state index contributed by atoms with van der Waals surface area (Å²) in [6.45, 7) is 0. The smallest absolute Gasteiger partial charge is 0.276 e. The molecule has 1 amide bonds. The van der Waals surface area contributed by atoms with Crippen LogP contribution in [0.15, 0.2) is 65.6 Å². The summed E-state index contributed by atoms with van der Waals surface area (Å²) in [5, 5.41) is 13.9. The van der Waals surface area contributed by atoms with E-state index in [9.17, 15) is 4.79 Å². The van der Waals surface area contributed by atoms with E-state index in [0.29, 0.717) is 11.4 Å². The van der Waals surface area contributed by atoms with Crippen LogP contribution in [0.4, 0.5) is 5.69 Å². The van der Waals surface area contributed by atoms with Crippen LogP contribution in [0.3, 0.4) is 0 Å². The first-order chi connectivity index (χ1) is 13.3. The number of thiophene rings is 1. The minimum atomic E-state index is -0.246. The maximum Gasteiger partial charge on any atom is 0.276 e. The molecule has 6 nitrogen and oxygen atoms in total. The molecule has 0 aliphatic rings. The second-order valence-electron chi connectivity index (χ2n) is 5.89. The van der Waals surface area contributed by atoms with Gasteiger partial charge in [-0.1, -0.05) is 18.2 Å². The lowest BCUT2D eigenvalue weighted by Crippen LogP contribution is -2.12. The van der Waals surface area contributed by atoms with Gasteiger partial charge in [0, 0.05) is 29.0 Å². The molecule has 0 spiro atoms. The molecule has 4 aromatic heterocycles. The van der Waals surface area contributed by atoms with Crippen LogP contribution in [0.2, 0.25) is 0 Å². The third-order valence-electron chi connectivity index (χ3n) is 4.13. The van der Waals surface area contributed by atoms with E-state index in [4.69, 9.17) is 0 Å². The van der Waals surface area contributed by atoms with Crippen LogP contribution in [0.5, 0.6) is 0 Å². The molecule has 0 saturated carbocycles. The second kappa shape index (κ2) is 6.49. The molecule has 0 radical (unpaired) electrons. The lowest BCUT2D eigenvalue weighted by molar-refractivity contribution is 0.102. The largest absolute Gasteiger partial charge is 0.321 e. The van der Waals surface area contributed by atoms with Crippen molar-refractivity contribution in [2.75, 3.05) is 5.32 Å². The number of aromatic nitrogens is 4. The number of fused-ring (bicyclic) bond motifs is 1. The number of nitrogens with one attached hydrogen (secondary N) is 2. The van der Waals surface area contributed by atoms with Gasteiger partial charge in [0.25, 0.3) is 5.91 Å². The second-order valence-corrected chi connectivity index (χ2v) is 7.72. The third kappa shape index (κ3) is 3.05. The monoisotopic (exact) mass is 391 g/mol. The van der Waals surface area contributed by atoms with Gasteiger partial charge in [0.1, 0.15) is 0 Å². The van der Waals surface area contributed by atoms with Crippen molar-refractivity contribution in [2.24, 2.45) is 0 Å². The molecule has 2 N–H and O–H groups in total. The fourth-order valence-electron chi connectivity index (χ4n) is 2.78. The van der Waals surface area contributed by atoms with Crippen LogP contribution in [-0.2, 0) is 0 Å². The fourth-order valence-corrected chi connectivity index (χ4v) is 4.17. The van der Waals surface area contributed by atoms with Crippen molar-refractivity contribution in [1.82, 2.24) is 19.6 Å². The number of thiazole rings is 1. The molecular formula is C19H13N5OS2. The zero-order valence-corrected chi connectivity index (χ0v) is 15.6. The highest BCUT2D eigenvalue weighted by atomic mass is 32.1. The van der Waals surface area contributed by atoms with Crippen molar-refractivity contribution < 1.29 is 4.79 Å². The fraction of sp³-hybridized carbons (Fsp3) is 0. The average Bonchev–Trinajstić information content (AvgIpc) is 3.45. The van der Waals surface area contributed by atoms with Gasteiger partial charge in [0.15, 0.2) is 10.7 Å². The van der Waals surface area contributed by atoms with Gasteiger partial charge in [-0.2, -0.15) is 5.10 Å². The molecule has 0 bridgehead atoms. The number of imidazole rings is 1. The minimum absolute atomic E-state index is 0.246. The number of benzene rings is 1. The van der Waals surface area contributed by atoms with E-state index >= 15 is 0 Å². The number of hydrogen-bond donors (Lipinski definition) is 2. The molecule has 0 aliphatic heterocycles. The molecule has 0 saturated heterocycles. The van der Waals surface area contributed by atoms with Gasteiger partial charge in [-0.3, -0.25) is 14.3 Å². The number of amides is 1. The molecular weight excluding hydrogens is 378 g/mol. The maximum absolute atomic E-state index is 12.4. The summed E-state index contributed by atoms with van der Waals surface area (Å²) >= 11 is 3.20. The number of hydrogen-bond acceptors (Lipinski definition) is 5. The summed E-state index contributed by atoms with van der Waals surface area (Å²) < 4.78 is 2.00. The summed E-state index contributed by atoms with van der Waals surface area (Å²) in [4.78, 5) is 19.0. The summed E-state index contributed by atoms with van der Waals surface area (Å²) in [5.74, 6) is -0.246. The summed E-state index contributed by atoms with van der Waals surface area (Å²) in [7, 11) is 0. The minimum Gasteiger partial charge on any atom is -0.321 e. The zero-order valence-electron chi connectivity index (χ0n) is 13.9. The van der Waals surface area contributed by atoms with Crippen LogP contribution in [0.1, 0.15) is 10.5 Å². The molecule has 132 valence electrons. The molecule has 8 heteroatoms. The van der Waals surface area contributed by atoms with Gasteiger partial charge >= 0.3 is 0 Å². The van der Waals surface area contributed by atoms with Gasteiger partial charge in [-0.15, -0.1) is 22.7 Å². The molecule has 5 rings (SSSR count). The van der Waals surface area contributed by atoms with E-state index in [2.05, 4.69) is 20.5 Å². The quantitative estimate of drug-likeness (QED) is 0.463. The predicted octanol–water partition coefficient (Wildman–Crippen LogP) is 4.77. The Kier molecular flexibility index (Phi) is 3.84. The number of carbonyl (C=O) groups is 1. The Morgan fingerprint density at radius 2 is 2.00 bits per heavy atom. The Morgan fingerprint density at radius 3 is 2.78 bits per heavy atom. The standard InChI is InChI=1S/C19H13N5OS2/c25-18(15-10-14(22-23-15)17-2-1-8-26-17)20-13-5-3-12(4-6-13)16-11-24-7-9-27-19(24)21-16/h1-11H,(H,20,25)(H,22,23). The number of anilines is 1. The van der Waals surface area contributed by atoms with E-state index in [1.54, 1.807) is 28.7 Å². The van der Waals surface area contributed by atoms with Crippen molar-refractivity contribution in [3.63, 3.8) is 0 Å². The molecule has 27 heavy (non-hydrogen) atoms. The normalized spacial score (nSPS) is 11.1. The van der Waals surface area contributed by atoms with E-state index < -0.39 is 0 Å². The first-order valence-corrected chi connectivity index (χ1v) is 9.95. The van der Waals surface area contributed by atoms with E-state index in [-0.39, 0.29) is 5.91 Å². The number of aromatic amines is 1. The van der Waals surface area contributed by atoms with Gasteiger partial charge in [-0.25, -0.2) is 4.98 Å². The van der Waals surface area contributed by atoms with Crippen molar-refractivity contribution in [1.29, 1.82) is 0 Å². The molecule has 0 aliphatic carbocycles. The lowest BCUT2D eigenvalue weighted by Gasteiger charge is -2.04. The Labute approximate surface area is 162 Å². The zero-order chi connectivity index (χ0) is 18.2. The first kappa shape index (κ1) is 16.0. The van der Waals surface area contributed by atoms with Gasteiger partial charge in [-0.05, 0) is 29.6 Å². The van der Waals surface area contributed by atoms with Crippen molar-refractivity contribution in [3.8, 4) is 21.8 Å². The number of rotatable bonds is 4. The van der Waals surface area contributed by atoms with Crippen LogP contribution in [-0.4, -0.2) is 25.5 Å². The SMILES string of the molecule is O=C(Nc1ccc(-c2cn3ccsc3n2)cc1)c1cc(-c2cccs2)[nH]n1. The van der Waals surface area contributed by atoms with Crippen LogP contribution >= 0.6 is 22.7 Å². The van der Waals surface area contributed by atoms with E-state index in [0.717, 1.165) is 26.8 Å². The third-order valence-corrected chi connectivity index (χ3v) is 5.80. The van der Waals surface area contributed by atoms with Crippen LogP contribution in [0.25, 0.3) is 26.8 Å². The van der Waals surface area contributed by atoms with E-state index in [1.807, 2.05) is 64.0 Å². The van der Waals surface area contributed by atoms with Crippen molar-refractivity contribution in [2.45, 2.75) is 0 Å². The van der Waals surface area contributed by atoms with Crippen LogP contribution < -0.4 is 5.32 Å². The molecule has 5 aromatic rings. The molecule has 0 atom stereocenters. The Balaban J connectivity index is 1.32. The lowest BCUT2D eigenvalue weighted by atomic mass is 10.1. The Bertz CT molecular complexity index is 1190. The molecule has 1 aromatic carbocycles. The van der Waals surface area contributed by atoms with Gasteiger partial charge in [0.05, 0.1) is 16.3 Å². The Morgan fingerprint density at radius 1 is 1.11 bits per heavy atom. The topological polar surface area (TPSA) is 75.1 Å². The average molecular weight is 391 g/mol. The number of carbonyl (C=O) groups excluding carboxylic acids is 1. The highest BCUT2D eigenvalue weighted by molar-refractivity contribution is 7.15.